The standard InChI is InChI=1S/C22H27FN4O3/c1-15-19-8-10-26(21(28)14-25-9-2-3-17(12-25)22(29)30)13-20(19)27(24-15)11-16-4-6-18(23)7-5-16/h4-7,17H,2-3,8-14H2,1H3,(H,29,30). The summed E-state index contributed by atoms with van der Waals surface area (Å²) in [5, 5.41) is 13.9. The smallest absolute Gasteiger partial charge is 0.307 e. The van der Waals surface area contributed by atoms with Gasteiger partial charge in [-0.15, -0.1) is 0 Å². The summed E-state index contributed by atoms with van der Waals surface area (Å²) in [6.07, 6.45) is 2.24. The maximum absolute atomic E-state index is 13.2. The number of aryl methyl sites for hydroxylation is 1. The number of amides is 1. The molecule has 0 bridgehead atoms. The molecule has 2 aliphatic rings. The number of hydrogen-bond donors (Lipinski definition) is 1. The summed E-state index contributed by atoms with van der Waals surface area (Å²) in [4.78, 5) is 28.0. The number of carbonyl (C=O) groups excluding carboxylic acids is 1. The summed E-state index contributed by atoms with van der Waals surface area (Å²) in [6.45, 7) is 5.10. The van der Waals surface area contributed by atoms with E-state index in [2.05, 4.69) is 5.10 Å². The molecule has 3 heterocycles. The molecule has 1 unspecified atom stereocenters. The third-order valence-corrected chi connectivity index (χ3v) is 6.15. The van der Waals surface area contributed by atoms with Crippen LogP contribution in [0.15, 0.2) is 24.3 Å². The Hall–Kier alpha value is -2.74. The molecule has 1 N–H and O–H groups in total. The van der Waals surface area contributed by atoms with Crippen LogP contribution in [0.1, 0.15) is 35.4 Å². The van der Waals surface area contributed by atoms with Crippen molar-refractivity contribution in [3.8, 4) is 0 Å². The van der Waals surface area contributed by atoms with Gasteiger partial charge in [-0.25, -0.2) is 4.39 Å². The fourth-order valence-electron chi connectivity index (χ4n) is 4.47. The second-order valence-corrected chi connectivity index (χ2v) is 8.27. The van der Waals surface area contributed by atoms with Crippen molar-refractivity contribution in [1.29, 1.82) is 0 Å². The van der Waals surface area contributed by atoms with Crippen LogP contribution in [0.25, 0.3) is 0 Å². The van der Waals surface area contributed by atoms with Crippen molar-refractivity contribution in [2.24, 2.45) is 5.92 Å². The first-order chi connectivity index (χ1) is 14.4. The molecular formula is C22H27FN4O3. The van der Waals surface area contributed by atoms with Gasteiger partial charge in [0.05, 0.1) is 36.9 Å². The van der Waals surface area contributed by atoms with Gasteiger partial charge in [-0.1, -0.05) is 12.1 Å². The summed E-state index contributed by atoms with van der Waals surface area (Å²) in [5.74, 6) is -1.41. The van der Waals surface area contributed by atoms with Crippen LogP contribution in [0.4, 0.5) is 4.39 Å². The molecule has 0 aliphatic carbocycles. The Morgan fingerprint density at radius 1 is 1.23 bits per heavy atom. The van der Waals surface area contributed by atoms with E-state index in [-0.39, 0.29) is 24.2 Å². The molecule has 0 spiro atoms. The number of hydrogen-bond acceptors (Lipinski definition) is 4. The Kier molecular flexibility index (Phi) is 5.85. The fourth-order valence-corrected chi connectivity index (χ4v) is 4.47. The number of likely N-dealkylation sites (tertiary alicyclic amines) is 1. The average molecular weight is 414 g/mol. The first kappa shape index (κ1) is 20.5. The first-order valence-electron chi connectivity index (χ1n) is 10.4. The molecule has 30 heavy (non-hydrogen) atoms. The molecule has 7 nitrogen and oxygen atoms in total. The minimum Gasteiger partial charge on any atom is -0.481 e. The van der Waals surface area contributed by atoms with Gasteiger partial charge >= 0.3 is 5.97 Å². The second-order valence-electron chi connectivity index (χ2n) is 8.27. The summed E-state index contributed by atoms with van der Waals surface area (Å²) in [5.41, 5.74) is 4.14. The third kappa shape index (κ3) is 4.38. The van der Waals surface area contributed by atoms with E-state index in [1.165, 1.54) is 17.7 Å². The number of fused-ring (bicyclic) bond motifs is 1. The number of carboxylic acid groups (broad SMARTS) is 1. The first-order valence-corrected chi connectivity index (χ1v) is 10.4. The number of halogens is 1. The zero-order valence-corrected chi connectivity index (χ0v) is 17.2. The van der Waals surface area contributed by atoms with E-state index in [0.29, 0.717) is 32.6 Å². The Labute approximate surface area is 175 Å². The van der Waals surface area contributed by atoms with Crippen molar-refractivity contribution in [2.75, 3.05) is 26.2 Å². The molecule has 4 rings (SSSR count). The normalized spacial score (nSPS) is 19.5. The van der Waals surface area contributed by atoms with Gasteiger partial charge in [0.25, 0.3) is 0 Å². The van der Waals surface area contributed by atoms with Gasteiger partial charge in [-0.2, -0.15) is 5.10 Å². The van der Waals surface area contributed by atoms with E-state index in [4.69, 9.17) is 0 Å². The number of benzene rings is 1. The van der Waals surface area contributed by atoms with Crippen LogP contribution in [0, 0.1) is 18.7 Å². The molecule has 0 radical (unpaired) electrons. The molecule has 1 fully saturated rings. The molecule has 1 atom stereocenters. The lowest BCUT2D eigenvalue weighted by molar-refractivity contribution is -0.145. The van der Waals surface area contributed by atoms with Crippen molar-refractivity contribution in [1.82, 2.24) is 19.6 Å². The van der Waals surface area contributed by atoms with E-state index in [1.54, 1.807) is 12.1 Å². The lowest BCUT2D eigenvalue weighted by Gasteiger charge is -2.33. The van der Waals surface area contributed by atoms with E-state index < -0.39 is 5.97 Å². The number of nitrogens with zero attached hydrogens (tertiary/aromatic N) is 4. The quantitative estimate of drug-likeness (QED) is 0.810. The minimum absolute atomic E-state index is 0.0267. The van der Waals surface area contributed by atoms with Gasteiger partial charge in [0, 0.05) is 13.1 Å². The second kappa shape index (κ2) is 8.55. The summed E-state index contributed by atoms with van der Waals surface area (Å²) in [7, 11) is 0. The van der Waals surface area contributed by atoms with Crippen LogP contribution in [0.2, 0.25) is 0 Å². The van der Waals surface area contributed by atoms with Gasteiger partial charge < -0.3 is 10.0 Å². The van der Waals surface area contributed by atoms with Crippen LogP contribution < -0.4 is 0 Å². The lowest BCUT2D eigenvalue weighted by Crippen LogP contribution is -2.46. The van der Waals surface area contributed by atoms with E-state index >= 15 is 0 Å². The predicted molar refractivity (Wildman–Crippen MR) is 108 cm³/mol. The highest BCUT2D eigenvalue weighted by molar-refractivity contribution is 5.78. The topological polar surface area (TPSA) is 78.7 Å². The van der Waals surface area contributed by atoms with Crippen molar-refractivity contribution < 1.29 is 19.1 Å². The summed E-state index contributed by atoms with van der Waals surface area (Å²) in [6, 6.07) is 6.38. The molecule has 2 aromatic rings. The molecule has 2 aliphatic heterocycles. The molecule has 8 heteroatoms. The predicted octanol–water partition coefficient (Wildman–Crippen LogP) is 2.06. The number of carboxylic acids is 1. The number of rotatable bonds is 5. The minimum atomic E-state index is -0.782. The largest absolute Gasteiger partial charge is 0.481 e. The highest BCUT2D eigenvalue weighted by Gasteiger charge is 2.30. The van der Waals surface area contributed by atoms with Crippen LogP contribution in [-0.2, 0) is 29.1 Å². The van der Waals surface area contributed by atoms with Gasteiger partial charge in [-0.3, -0.25) is 19.2 Å². The van der Waals surface area contributed by atoms with Gasteiger partial charge in [-0.05, 0) is 56.0 Å². The van der Waals surface area contributed by atoms with Crippen molar-refractivity contribution >= 4 is 11.9 Å². The molecule has 160 valence electrons. The fraction of sp³-hybridized carbons (Fsp3) is 0.500. The maximum Gasteiger partial charge on any atom is 0.307 e. The van der Waals surface area contributed by atoms with Gasteiger partial charge in [0.15, 0.2) is 0 Å². The van der Waals surface area contributed by atoms with E-state index in [9.17, 15) is 19.1 Å². The molecule has 1 aromatic carbocycles. The molecule has 1 aromatic heterocycles. The molecule has 1 saturated heterocycles. The average Bonchev–Trinajstić information content (AvgIpc) is 3.04. The number of aromatic nitrogens is 2. The Morgan fingerprint density at radius 3 is 2.73 bits per heavy atom. The van der Waals surface area contributed by atoms with Crippen molar-refractivity contribution in [3.63, 3.8) is 0 Å². The van der Waals surface area contributed by atoms with E-state index in [1.807, 2.05) is 21.4 Å². The van der Waals surface area contributed by atoms with Crippen molar-refractivity contribution in [3.05, 3.63) is 52.6 Å². The van der Waals surface area contributed by atoms with Crippen LogP contribution >= 0.6 is 0 Å². The Morgan fingerprint density at radius 2 is 2.00 bits per heavy atom. The summed E-state index contributed by atoms with van der Waals surface area (Å²) >= 11 is 0. The highest BCUT2D eigenvalue weighted by atomic mass is 19.1. The summed E-state index contributed by atoms with van der Waals surface area (Å²) < 4.78 is 15.1. The maximum atomic E-state index is 13.2. The van der Waals surface area contributed by atoms with E-state index in [0.717, 1.165) is 36.3 Å². The van der Waals surface area contributed by atoms with Gasteiger partial charge in [0.1, 0.15) is 5.82 Å². The Bertz CT molecular complexity index is 941. The number of aliphatic carboxylic acids is 1. The highest BCUT2D eigenvalue weighted by Crippen LogP contribution is 2.24. The third-order valence-electron chi connectivity index (χ3n) is 6.15. The van der Waals surface area contributed by atoms with Crippen LogP contribution in [-0.4, -0.2) is 62.7 Å². The molecule has 1 amide bonds. The number of piperidine rings is 1. The zero-order valence-electron chi connectivity index (χ0n) is 17.2. The lowest BCUT2D eigenvalue weighted by atomic mass is 9.98. The van der Waals surface area contributed by atoms with Gasteiger partial charge in [0.2, 0.25) is 5.91 Å². The SMILES string of the molecule is Cc1nn(Cc2ccc(F)cc2)c2c1CCN(C(=O)CN1CCCC(C(=O)O)C1)C2. The van der Waals surface area contributed by atoms with Crippen LogP contribution in [0.3, 0.4) is 0 Å². The Balaban J connectivity index is 1.44. The molecule has 0 saturated carbocycles. The molecular weight excluding hydrogens is 387 g/mol. The van der Waals surface area contributed by atoms with Crippen molar-refractivity contribution in [2.45, 2.75) is 39.3 Å². The monoisotopic (exact) mass is 414 g/mol. The number of carbonyl (C=O) groups is 2. The zero-order chi connectivity index (χ0) is 21.3. The van der Waals surface area contributed by atoms with Crippen LogP contribution in [0.5, 0.6) is 0 Å².